The van der Waals surface area contributed by atoms with E-state index in [1.165, 1.54) is 6.07 Å². The van der Waals surface area contributed by atoms with Crippen LogP contribution >= 0.6 is 23.2 Å². The van der Waals surface area contributed by atoms with Gasteiger partial charge in [-0.3, -0.25) is 0 Å². The van der Waals surface area contributed by atoms with Gasteiger partial charge in [0.2, 0.25) is 0 Å². The van der Waals surface area contributed by atoms with Gasteiger partial charge < -0.3 is 0 Å². The molecule has 0 amide bonds. The summed E-state index contributed by atoms with van der Waals surface area (Å²) in [6.45, 7) is 0. The minimum Gasteiger partial charge on any atom is -0.207 e. The number of nitriles is 1. The predicted molar refractivity (Wildman–Crippen MR) is 73.9 cm³/mol. The fourth-order valence-corrected chi connectivity index (χ4v) is 3.12. The van der Waals surface area contributed by atoms with Crippen molar-refractivity contribution in [3.8, 4) is 17.2 Å². The van der Waals surface area contributed by atoms with Crippen molar-refractivity contribution in [2.45, 2.75) is 12.3 Å². The molecular weight excluding hydrogens is 284 g/mol. The van der Waals surface area contributed by atoms with E-state index in [1.807, 2.05) is 0 Å². The molecule has 1 aliphatic rings. The number of fused-ring (bicyclic) bond motifs is 3. The molecule has 0 bridgehead atoms. The van der Waals surface area contributed by atoms with E-state index < -0.39 is 5.92 Å². The number of hydrogen-bond donors (Lipinski definition) is 0. The van der Waals surface area contributed by atoms with Crippen LogP contribution in [0.4, 0.5) is 4.39 Å². The molecule has 4 heteroatoms. The van der Waals surface area contributed by atoms with E-state index in [-0.39, 0.29) is 5.82 Å². The third-order valence-corrected chi connectivity index (χ3v) is 4.11. The molecule has 0 saturated heterocycles. The van der Waals surface area contributed by atoms with Crippen molar-refractivity contribution < 1.29 is 4.39 Å². The predicted octanol–water partition coefficient (Wildman–Crippen LogP) is 4.96. The Labute approximate surface area is 120 Å². The Hall–Kier alpha value is -1.56. The van der Waals surface area contributed by atoms with Crippen LogP contribution < -0.4 is 0 Å². The van der Waals surface area contributed by atoms with Crippen LogP contribution in [0.2, 0.25) is 10.0 Å². The summed E-state index contributed by atoms with van der Waals surface area (Å²) in [7, 11) is 0. The minimum absolute atomic E-state index is 0.370. The van der Waals surface area contributed by atoms with Crippen LogP contribution in [-0.2, 0) is 6.42 Å². The van der Waals surface area contributed by atoms with Gasteiger partial charge in [0.1, 0.15) is 5.82 Å². The van der Waals surface area contributed by atoms with Crippen LogP contribution in [0.25, 0.3) is 11.1 Å². The molecule has 19 heavy (non-hydrogen) atoms. The molecule has 1 nitrogen and oxygen atoms in total. The van der Waals surface area contributed by atoms with Crippen LogP contribution in [-0.4, -0.2) is 0 Å². The topological polar surface area (TPSA) is 23.8 Å². The largest absolute Gasteiger partial charge is 0.207 e. The number of halogens is 3. The van der Waals surface area contributed by atoms with E-state index in [4.69, 9.17) is 23.2 Å². The van der Waals surface area contributed by atoms with E-state index >= 15 is 0 Å². The van der Waals surface area contributed by atoms with Crippen molar-refractivity contribution in [3.05, 3.63) is 57.3 Å². The Morgan fingerprint density at radius 3 is 2.63 bits per heavy atom. The van der Waals surface area contributed by atoms with Gasteiger partial charge in [-0.15, -0.1) is 0 Å². The zero-order valence-electron chi connectivity index (χ0n) is 9.75. The summed E-state index contributed by atoms with van der Waals surface area (Å²) in [6.07, 6.45) is 0.388. The van der Waals surface area contributed by atoms with Gasteiger partial charge in [-0.05, 0) is 35.7 Å². The maximum Gasteiger partial charge on any atom is 0.128 e. The molecule has 0 aromatic heterocycles. The summed E-state index contributed by atoms with van der Waals surface area (Å²) in [5.41, 5.74) is 2.65. The first-order valence-corrected chi connectivity index (χ1v) is 6.54. The molecule has 94 valence electrons. The SMILES string of the molecule is N#C[C@H]1Cc2c(Cl)ccc(Cl)c2-c2cccc(F)c21. The van der Waals surface area contributed by atoms with Gasteiger partial charge in [0, 0.05) is 21.2 Å². The summed E-state index contributed by atoms with van der Waals surface area (Å²) in [5, 5.41) is 10.3. The second kappa shape index (κ2) is 4.52. The number of nitrogens with zero attached hydrogens (tertiary/aromatic N) is 1. The Bertz CT molecular complexity index is 719. The molecule has 0 heterocycles. The van der Waals surface area contributed by atoms with E-state index in [2.05, 4.69) is 6.07 Å². The van der Waals surface area contributed by atoms with Crippen LogP contribution in [0.3, 0.4) is 0 Å². The van der Waals surface area contributed by atoms with Gasteiger partial charge >= 0.3 is 0 Å². The maximum atomic E-state index is 14.0. The molecule has 2 aromatic carbocycles. The van der Waals surface area contributed by atoms with Gasteiger partial charge in [0.05, 0.1) is 12.0 Å². The first kappa shape index (κ1) is 12.5. The highest BCUT2D eigenvalue weighted by Crippen LogP contribution is 2.46. The zero-order chi connectivity index (χ0) is 13.6. The minimum atomic E-state index is -0.528. The molecule has 0 saturated carbocycles. The second-order valence-electron chi connectivity index (χ2n) is 4.47. The van der Waals surface area contributed by atoms with E-state index in [9.17, 15) is 9.65 Å². The summed E-state index contributed by atoms with van der Waals surface area (Å²) in [4.78, 5) is 0. The van der Waals surface area contributed by atoms with Gasteiger partial charge in [-0.25, -0.2) is 4.39 Å². The summed E-state index contributed by atoms with van der Waals surface area (Å²) in [5.74, 6) is -0.898. The number of rotatable bonds is 0. The molecule has 0 unspecified atom stereocenters. The van der Waals surface area contributed by atoms with E-state index in [1.54, 1.807) is 24.3 Å². The summed E-state index contributed by atoms with van der Waals surface area (Å²) in [6, 6.07) is 10.3. The molecule has 0 radical (unpaired) electrons. The van der Waals surface area contributed by atoms with Crippen molar-refractivity contribution in [1.82, 2.24) is 0 Å². The molecule has 0 N–H and O–H groups in total. The van der Waals surface area contributed by atoms with Crippen LogP contribution in [0, 0.1) is 17.1 Å². The summed E-state index contributed by atoms with van der Waals surface area (Å²) < 4.78 is 14.0. The number of hydrogen-bond acceptors (Lipinski definition) is 1. The van der Waals surface area contributed by atoms with Gasteiger partial charge in [0.15, 0.2) is 0 Å². The highest BCUT2D eigenvalue weighted by Gasteiger charge is 2.30. The highest BCUT2D eigenvalue weighted by atomic mass is 35.5. The number of benzene rings is 2. The third-order valence-electron chi connectivity index (χ3n) is 3.44. The van der Waals surface area contributed by atoms with Crippen molar-refractivity contribution in [2.75, 3.05) is 0 Å². The molecule has 1 atom stereocenters. The van der Waals surface area contributed by atoms with Gasteiger partial charge in [0.25, 0.3) is 0 Å². The Balaban J connectivity index is 2.40. The van der Waals surface area contributed by atoms with Crippen molar-refractivity contribution in [3.63, 3.8) is 0 Å². The Morgan fingerprint density at radius 1 is 1.16 bits per heavy atom. The molecular formula is C15H8Cl2FN. The smallest absolute Gasteiger partial charge is 0.128 e. The third kappa shape index (κ3) is 1.82. The lowest BCUT2D eigenvalue weighted by Crippen LogP contribution is -2.12. The molecule has 0 aliphatic heterocycles. The van der Waals surface area contributed by atoms with Crippen molar-refractivity contribution in [1.29, 1.82) is 5.26 Å². The Kier molecular flexibility index (Phi) is 2.97. The molecule has 1 aliphatic carbocycles. The van der Waals surface area contributed by atoms with Crippen LogP contribution in [0.5, 0.6) is 0 Å². The van der Waals surface area contributed by atoms with Crippen molar-refractivity contribution in [2.24, 2.45) is 0 Å². The van der Waals surface area contributed by atoms with Crippen LogP contribution in [0.15, 0.2) is 30.3 Å². The maximum absolute atomic E-state index is 14.0. The second-order valence-corrected chi connectivity index (χ2v) is 5.28. The van der Waals surface area contributed by atoms with E-state index in [0.29, 0.717) is 27.6 Å². The van der Waals surface area contributed by atoms with Gasteiger partial charge in [-0.2, -0.15) is 5.26 Å². The normalized spacial score (nSPS) is 16.4. The quantitative estimate of drug-likeness (QED) is 0.673. The first-order chi connectivity index (χ1) is 9.13. The zero-order valence-corrected chi connectivity index (χ0v) is 11.3. The van der Waals surface area contributed by atoms with Crippen LogP contribution in [0.1, 0.15) is 17.0 Å². The van der Waals surface area contributed by atoms with E-state index in [0.717, 1.165) is 11.1 Å². The lowest BCUT2D eigenvalue weighted by Gasteiger charge is -2.25. The highest BCUT2D eigenvalue weighted by molar-refractivity contribution is 6.36. The van der Waals surface area contributed by atoms with Gasteiger partial charge in [-0.1, -0.05) is 35.3 Å². The average Bonchev–Trinajstić information content (AvgIpc) is 2.42. The monoisotopic (exact) mass is 291 g/mol. The summed E-state index contributed by atoms with van der Waals surface area (Å²) >= 11 is 12.4. The fourth-order valence-electron chi connectivity index (χ4n) is 2.61. The lowest BCUT2D eigenvalue weighted by molar-refractivity contribution is 0.599. The lowest BCUT2D eigenvalue weighted by atomic mass is 9.79. The molecule has 0 spiro atoms. The molecule has 0 fully saturated rings. The molecule has 3 rings (SSSR count). The fraction of sp³-hybridized carbons (Fsp3) is 0.133. The van der Waals surface area contributed by atoms with Crippen molar-refractivity contribution >= 4 is 23.2 Å². The molecule has 2 aromatic rings. The Morgan fingerprint density at radius 2 is 1.89 bits per heavy atom. The average molecular weight is 292 g/mol. The first-order valence-electron chi connectivity index (χ1n) is 5.78. The standard InChI is InChI=1S/C15H8Cl2FN/c16-11-4-5-12(17)15-9-2-1-3-13(18)14(9)8(7-19)6-10(11)15/h1-5,8H,6H2/t8-/m1/s1.